The van der Waals surface area contributed by atoms with Crippen molar-refractivity contribution in [1.29, 1.82) is 0 Å². The lowest BCUT2D eigenvalue weighted by Crippen LogP contribution is -3.07. The molecule has 3 rings (SSSR count). The molecule has 0 aliphatic rings. The highest BCUT2D eigenvalue weighted by molar-refractivity contribution is 7.99. The molecule has 3 aromatic rings. The maximum atomic E-state index is 12.3. The predicted octanol–water partition coefficient (Wildman–Crippen LogP) is 1.57. The molecule has 1 heterocycles. The summed E-state index contributed by atoms with van der Waals surface area (Å²) in [5, 5.41) is 10.7. The lowest BCUT2D eigenvalue weighted by Gasteiger charge is -2.22. The summed E-state index contributed by atoms with van der Waals surface area (Å²) >= 11 is 1.31. The number of hydrogen-bond donors (Lipinski definition) is 3. The summed E-state index contributed by atoms with van der Waals surface area (Å²) < 4.78 is 5.16. The van der Waals surface area contributed by atoms with E-state index in [0.29, 0.717) is 17.5 Å². The Bertz CT molecular complexity index is 912. The van der Waals surface area contributed by atoms with E-state index in [1.165, 1.54) is 22.2 Å². The fourth-order valence-electron chi connectivity index (χ4n) is 2.93. The number of quaternary nitrogens is 1. The van der Waals surface area contributed by atoms with Gasteiger partial charge in [0.05, 0.1) is 33.5 Å². The van der Waals surface area contributed by atoms with Gasteiger partial charge in [0.15, 0.2) is 5.82 Å². The zero-order valence-electron chi connectivity index (χ0n) is 16.8. The van der Waals surface area contributed by atoms with Gasteiger partial charge < -0.3 is 15.0 Å². The third-order valence-corrected chi connectivity index (χ3v) is 5.41. The van der Waals surface area contributed by atoms with E-state index >= 15 is 0 Å². The Kier molecular flexibility index (Phi) is 7.26. The fourth-order valence-corrected chi connectivity index (χ4v) is 3.55. The minimum atomic E-state index is -0.0343. The van der Waals surface area contributed by atoms with Crippen LogP contribution in [0.4, 0.5) is 0 Å². The number of ether oxygens (including phenoxy) is 1. The second-order valence-corrected chi connectivity index (χ2v) is 7.77. The number of methoxy groups -OCH3 is 1. The highest BCUT2D eigenvalue weighted by atomic mass is 32.2. The number of thioether (sulfide) groups is 1. The zero-order chi connectivity index (χ0) is 20.6. The number of hydrogen-bond acceptors (Lipinski definition) is 5. The standard InChI is InChI=1S/C21H25N5O2S/c1-26(2)18(15-7-5-4-6-8-15)13-22-19(27)14-29-21-23-20(24-25-21)16-9-11-17(28-3)12-10-16/h4-12,18H,13-14H2,1-3H3,(H,22,27)(H,23,24,25)/p+1/t18-/m0/s1. The smallest absolute Gasteiger partial charge is 0.230 e. The first-order valence-corrected chi connectivity index (χ1v) is 10.4. The Balaban J connectivity index is 1.51. The van der Waals surface area contributed by atoms with Crippen molar-refractivity contribution in [3.63, 3.8) is 0 Å². The number of aromatic amines is 1. The molecule has 0 aliphatic carbocycles. The highest BCUT2D eigenvalue weighted by Gasteiger charge is 2.18. The van der Waals surface area contributed by atoms with Gasteiger partial charge in [-0.15, -0.1) is 5.10 Å². The Morgan fingerprint density at radius 3 is 2.55 bits per heavy atom. The van der Waals surface area contributed by atoms with Crippen LogP contribution in [0.3, 0.4) is 0 Å². The van der Waals surface area contributed by atoms with E-state index in [-0.39, 0.29) is 17.7 Å². The number of aromatic nitrogens is 3. The summed E-state index contributed by atoms with van der Waals surface area (Å²) in [5.41, 5.74) is 2.12. The van der Waals surface area contributed by atoms with Gasteiger partial charge in [0.2, 0.25) is 11.1 Å². The minimum absolute atomic E-state index is 0.0343. The van der Waals surface area contributed by atoms with E-state index in [0.717, 1.165) is 11.3 Å². The van der Waals surface area contributed by atoms with Gasteiger partial charge in [0, 0.05) is 11.1 Å². The molecule has 152 valence electrons. The van der Waals surface area contributed by atoms with Crippen molar-refractivity contribution in [2.75, 3.05) is 33.5 Å². The quantitative estimate of drug-likeness (QED) is 0.465. The lowest BCUT2D eigenvalue weighted by molar-refractivity contribution is -0.890. The molecule has 0 radical (unpaired) electrons. The SMILES string of the molecule is COc1ccc(-c2nc(SCC(=O)NC[C@@H](c3ccccc3)[NH+](C)C)n[nH]2)cc1. The topological polar surface area (TPSA) is 84.3 Å². The van der Waals surface area contributed by atoms with Crippen LogP contribution in [0.5, 0.6) is 5.75 Å². The molecule has 1 amide bonds. The molecule has 1 aromatic heterocycles. The molecule has 0 bridgehead atoms. The second kappa shape index (κ2) is 10.1. The average molecular weight is 413 g/mol. The number of carbonyl (C=O) groups is 1. The Labute approximate surface area is 174 Å². The molecule has 3 N–H and O–H groups in total. The van der Waals surface area contributed by atoms with Crippen molar-refractivity contribution in [2.45, 2.75) is 11.2 Å². The van der Waals surface area contributed by atoms with Gasteiger partial charge in [0.1, 0.15) is 11.8 Å². The van der Waals surface area contributed by atoms with Crippen molar-refractivity contribution < 1.29 is 14.4 Å². The second-order valence-electron chi connectivity index (χ2n) is 6.83. The molecule has 2 aromatic carbocycles. The van der Waals surface area contributed by atoms with Gasteiger partial charge in [-0.3, -0.25) is 9.89 Å². The Hall–Kier alpha value is -2.84. The number of nitrogens with zero attached hydrogens (tertiary/aromatic N) is 2. The molecule has 1 atom stereocenters. The van der Waals surface area contributed by atoms with Crippen molar-refractivity contribution in [1.82, 2.24) is 20.5 Å². The minimum Gasteiger partial charge on any atom is -0.497 e. The first-order chi connectivity index (χ1) is 14.1. The van der Waals surface area contributed by atoms with E-state index in [4.69, 9.17) is 4.74 Å². The monoisotopic (exact) mass is 412 g/mol. The molecule has 8 heteroatoms. The van der Waals surface area contributed by atoms with Gasteiger partial charge in [-0.05, 0) is 24.3 Å². The van der Waals surface area contributed by atoms with Crippen LogP contribution in [0, 0.1) is 0 Å². The van der Waals surface area contributed by atoms with E-state index in [1.807, 2.05) is 42.5 Å². The molecule has 0 aliphatic heterocycles. The molecule has 0 spiro atoms. The normalized spacial score (nSPS) is 12.0. The highest BCUT2D eigenvalue weighted by Crippen LogP contribution is 2.21. The van der Waals surface area contributed by atoms with E-state index < -0.39 is 0 Å². The average Bonchev–Trinajstić information content (AvgIpc) is 3.22. The molecule has 0 saturated heterocycles. The van der Waals surface area contributed by atoms with Crippen molar-refractivity contribution in [3.05, 3.63) is 60.2 Å². The zero-order valence-corrected chi connectivity index (χ0v) is 17.6. The summed E-state index contributed by atoms with van der Waals surface area (Å²) in [5.74, 6) is 1.68. The number of amides is 1. The number of benzene rings is 2. The van der Waals surface area contributed by atoms with E-state index in [2.05, 4.69) is 46.7 Å². The van der Waals surface area contributed by atoms with Crippen LogP contribution in [0.15, 0.2) is 59.8 Å². The summed E-state index contributed by atoms with van der Waals surface area (Å²) in [6.07, 6.45) is 0. The number of rotatable bonds is 9. The first kappa shape index (κ1) is 20.9. The van der Waals surface area contributed by atoms with Crippen LogP contribution in [-0.4, -0.2) is 54.6 Å². The largest absolute Gasteiger partial charge is 0.497 e. The molecular weight excluding hydrogens is 386 g/mol. The molecule has 0 saturated carbocycles. The van der Waals surface area contributed by atoms with Gasteiger partial charge >= 0.3 is 0 Å². The maximum Gasteiger partial charge on any atom is 0.230 e. The van der Waals surface area contributed by atoms with E-state index in [9.17, 15) is 4.79 Å². The maximum absolute atomic E-state index is 12.3. The van der Waals surface area contributed by atoms with Crippen LogP contribution in [0.2, 0.25) is 0 Å². The predicted molar refractivity (Wildman–Crippen MR) is 114 cm³/mol. The molecule has 29 heavy (non-hydrogen) atoms. The number of H-pyrrole nitrogens is 1. The van der Waals surface area contributed by atoms with Gasteiger partial charge in [-0.2, -0.15) is 0 Å². The van der Waals surface area contributed by atoms with Crippen molar-refractivity contribution in [2.24, 2.45) is 0 Å². The molecular formula is C21H26N5O2S+. The van der Waals surface area contributed by atoms with Gasteiger partial charge in [-0.1, -0.05) is 42.1 Å². The van der Waals surface area contributed by atoms with Crippen LogP contribution >= 0.6 is 11.8 Å². The third-order valence-electron chi connectivity index (χ3n) is 4.56. The van der Waals surface area contributed by atoms with Crippen LogP contribution < -0.4 is 15.0 Å². The molecule has 0 fully saturated rings. The molecule has 0 unspecified atom stereocenters. The fraction of sp³-hybridized carbons (Fsp3) is 0.286. The number of nitrogens with one attached hydrogen (secondary N) is 3. The summed E-state index contributed by atoms with van der Waals surface area (Å²) in [6.45, 7) is 0.580. The number of carbonyl (C=O) groups excluding carboxylic acids is 1. The van der Waals surface area contributed by atoms with Crippen LogP contribution in [0.25, 0.3) is 11.4 Å². The van der Waals surface area contributed by atoms with Gasteiger partial charge in [0.25, 0.3) is 0 Å². The number of likely N-dealkylation sites (N-methyl/N-ethyl adjacent to an activating group) is 1. The van der Waals surface area contributed by atoms with Crippen molar-refractivity contribution >= 4 is 17.7 Å². The Morgan fingerprint density at radius 1 is 1.17 bits per heavy atom. The van der Waals surface area contributed by atoms with Gasteiger partial charge in [-0.25, -0.2) is 4.98 Å². The Morgan fingerprint density at radius 2 is 1.90 bits per heavy atom. The van der Waals surface area contributed by atoms with E-state index in [1.54, 1.807) is 7.11 Å². The summed E-state index contributed by atoms with van der Waals surface area (Å²) in [6, 6.07) is 18.0. The third kappa shape index (κ3) is 5.82. The lowest BCUT2D eigenvalue weighted by atomic mass is 10.1. The van der Waals surface area contributed by atoms with Crippen LogP contribution in [-0.2, 0) is 4.79 Å². The summed E-state index contributed by atoms with van der Waals surface area (Å²) in [7, 11) is 5.81. The summed E-state index contributed by atoms with van der Waals surface area (Å²) in [4.78, 5) is 18.0. The first-order valence-electron chi connectivity index (χ1n) is 9.38. The molecule has 7 nitrogen and oxygen atoms in total. The van der Waals surface area contributed by atoms with Crippen molar-refractivity contribution in [3.8, 4) is 17.1 Å². The van der Waals surface area contributed by atoms with Crippen LogP contribution in [0.1, 0.15) is 11.6 Å².